The van der Waals surface area contributed by atoms with Crippen LogP contribution in [0.25, 0.3) is 0 Å². The molecule has 2 nitrogen and oxygen atoms in total. The number of nitrogens with two attached hydrogens (primary N) is 1. The summed E-state index contributed by atoms with van der Waals surface area (Å²) in [4.78, 5) is 0.399. The lowest BCUT2D eigenvalue weighted by Crippen LogP contribution is -2.12. The predicted molar refractivity (Wildman–Crippen MR) is 60.5 cm³/mol. The molecule has 1 aromatic rings. The van der Waals surface area contributed by atoms with Gasteiger partial charge in [-0.15, -0.1) is 0 Å². The molecule has 1 aliphatic carbocycles. The molecule has 1 aliphatic rings. The van der Waals surface area contributed by atoms with Gasteiger partial charge in [-0.2, -0.15) is 0 Å². The number of ether oxygens (including phenoxy) is 1. The Kier molecular flexibility index (Phi) is 2.68. The van der Waals surface area contributed by atoms with E-state index in [2.05, 4.69) is 0 Å². The minimum Gasteiger partial charge on any atom is -0.493 e. The number of hydrogen-bond donors (Lipinski definition) is 1. The standard InChI is InChI=1S/C11H13NOS/c12-11(14)9-3-1-2-4-10(9)13-7-8-5-6-8/h1-4,8H,5-7H2,(H2,12,14). The van der Waals surface area contributed by atoms with Crippen LogP contribution in [0.5, 0.6) is 5.75 Å². The van der Waals surface area contributed by atoms with Crippen molar-refractivity contribution in [1.29, 1.82) is 0 Å². The van der Waals surface area contributed by atoms with Crippen LogP contribution < -0.4 is 10.5 Å². The van der Waals surface area contributed by atoms with E-state index in [0.29, 0.717) is 4.99 Å². The summed E-state index contributed by atoms with van der Waals surface area (Å²) >= 11 is 4.94. The molecule has 0 radical (unpaired) electrons. The molecule has 1 aromatic carbocycles. The van der Waals surface area contributed by atoms with Gasteiger partial charge in [0.1, 0.15) is 10.7 Å². The van der Waals surface area contributed by atoms with Crippen molar-refractivity contribution in [3.8, 4) is 5.75 Å². The van der Waals surface area contributed by atoms with Crippen LogP contribution in [0.4, 0.5) is 0 Å². The maximum atomic E-state index is 5.65. The first-order chi connectivity index (χ1) is 6.77. The Morgan fingerprint density at radius 2 is 2.14 bits per heavy atom. The van der Waals surface area contributed by atoms with Gasteiger partial charge in [0.15, 0.2) is 0 Å². The molecule has 1 saturated carbocycles. The van der Waals surface area contributed by atoms with Crippen LogP contribution in [0.3, 0.4) is 0 Å². The second-order valence-electron chi connectivity index (χ2n) is 3.61. The van der Waals surface area contributed by atoms with Crippen molar-refractivity contribution < 1.29 is 4.74 Å². The first-order valence-electron chi connectivity index (χ1n) is 4.79. The molecule has 0 unspecified atom stereocenters. The lowest BCUT2D eigenvalue weighted by molar-refractivity contribution is 0.299. The summed E-state index contributed by atoms with van der Waals surface area (Å²) in [5.74, 6) is 1.56. The Labute approximate surface area is 89.1 Å². The maximum Gasteiger partial charge on any atom is 0.129 e. The summed E-state index contributed by atoms with van der Waals surface area (Å²) in [6.07, 6.45) is 2.57. The lowest BCUT2D eigenvalue weighted by atomic mass is 10.2. The quantitative estimate of drug-likeness (QED) is 0.768. The Morgan fingerprint density at radius 3 is 2.79 bits per heavy atom. The second kappa shape index (κ2) is 3.96. The van der Waals surface area contributed by atoms with E-state index in [-0.39, 0.29) is 0 Å². The molecule has 2 rings (SSSR count). The number of thiocarbonyl (C=S) groups is 1. The Hall–Kier alpha value is -1.09. The number of benzene rings is 1. The van der Waals surface area contributed by atoms with E-state index in [9.17, 15) is 0 Å². The first kappa shape index (κ1) is 9.46. The molecule has 3 heteroatoms. The van der Waals surface area contributed by atoms with Gasteiger partial charge in [-0.3, -0.25) is 0 Å². The molecule has 0 spiro atoms. The average molecular weight is 207 g/mol. The van der Waals surface area contributed by atoms with Crippen LogP contribution in [0.15, 0.2) is 24.3 Å². The van der Waals surface area contributed by atoms with E-state index in [1.165, 1.54) is 12.8 Å². The Morgan fingerprint density at radius 1 is 1.43 bits per heavy atom. The lowest BCUT2D eigenvalue weighted by Gasteiger charge is -2.09. The van der Waals surface area contributed by atoms with E-state index in [4.69, 9.17) is 22.7 Å². The van der Waals surface area contributed by atoms with E-state index in [1.807, 2.05) is 24.3 Å². The predicted octanol–water partition coefficient (Wildman–Crippen LogP) is 2.11. The van der Waals surface area contributed by atoms with E-state index >= 15 is 0 Å². The highest BCUT2D eigenvalue weighted by Crippen LogP contribution is 2.30. The van der Waals surface area contributed by atoms with E-state index < -0.39 is 0 Å². The number of hydrogen-bond acceptors (Lipinski definition) is 2. The topological polar surface area (TPSA) is 35.2 Å². The van der Waals surface area contributed by atoms with Gasteiger partial charge < -0.3 is 10.5 Å². The molecular weight excluding hydrogens is 194 g/mol. The average Bonchev–Trinajstić information content (AvgIpc) is 2.98. The molecule has 74 valence electrons. The fourth-order valence-electron chi connectivity index (χ4n) is 1.29. The Balaban J connectivity index is 2.09. The van der Waals surface area contributed by atoms with Crippen molar-refractivity contribution in [3.05, 3.63) is 29.8 Å². The zero-order chi connectivity index (χ0) is 9.97. The molecule has 0 bridgehead atoms. The second-order valence-corrected chi connectivity index (χ2v) is 4.05. The third kappa shape index (κ3) is 2.23. The molecule has 14 heavy (non-hydrogen) atoms. The van der Waals surface area contributed by atoms with Gasteiger partial charge in [0.2, 0.25) is 0 Å². The van der Waals surface area contributed by atoms with Crippen molar-refractivity contribution in [2.45, 2.75) is 12.8 Å². The maximum absolute atomic E-state index is 5.65. The molecule has 0 heterocycles. The van der Waals surface area contributed by atoms with Crippen LogP contribution in [0.2, 0.25) is 0 Å². The van der Waals surface area contributed by atoms with Crippen molar-refractivity contribution in [3.63, 3.8) is 0 Å². The van der Waals surface area contributed by atoms with Gasteiger partial charge in [-0.1, -0.05) is 24.4 Å². The van der Waals surface area contributed by atoms with Crippen molar-refractivity contribution >= 4 is 17.2 Å². The molecule has 0 aromatic heterocycles. The largest absolute Gasteiger partial charge is 0.493 e. The van der Waals surface area contributed by atoms with E-state index in [1.54, 1.807) is 0 Å². The molecule has 1 fully saturated rings. The molecular formula is C11H13NOS. The van der Waals surface area contributed by atoms with Gasteiger partial charge >= 0.3 is 0 Å². The van der Waals surface area contributed by atoms with Crippen LogP contribution in [0, 0.1) is 5.92 Å². The minimum atomic E-state index is 0.399. The third-order valence-corrected chi connectivity index (χ3v) is 2.54. The first-order valence-corrected chi connectivity index (χ1v) is 5.20. The number of para-hydroxylation sites is 1. The van der Waals surface area contributed by atoms with Crippen LogP contribution in [-0.4, -0.2) is 11.6 Å². The third-order valence-electron chi connectivity index (χ3n) is 2.32. The van der Waals surface area contributed by atoms with Crippen molar-refractivity contribution in [2.75, 3.05) is 6.61 Å². The van der Waals surface area contributed by atoms with Crippen molar-refractivity contribution in [2.24, 2.45) is 11.7 Å². The highest BCUT2D eigenvalue weighted by atomic mass is 32.1. The summed E-state index contributed by atoms with van der Waals surface area (Å²) < 4.78 is 5.65. The van der Waals surface area contributed by atoms with Crippen LogP contribution in [-0.2, 0) is 0 Å². The van der Waals surface area contributed by atoms with Gasteiger partial charge in [-0.25, -0.2) is 0 Å². The molecule has 2 N–H and O–H groups in total. The number of rotatable bonds is 4. The molecule has 0 atom stereocenters. The summed E-state index contributed by atoms with van der Waals surface area (Å²) in [6.45, 7) is 0.791. The van der Waals surface area contributed by atoms with Crippen molar-refractivity contribution in [1.82, 2.24) is 0 Å². The van der Waals surface area contributed by atoms with Crippen LogP contribution >= 0.6 is 12.2 Å². The molecule has 0 saturated heterocycles. The zero-order valence-corrected chi connectivity index (χ0v) is 8.72. The highest BCUT2D eigenvalue weighted by molar-refractivity contribution is 7.80. The minimum absolute atomic E-state index is 0.399. The fraction of sp³-hybridized carbons (Fsp3) is 0.364. The Bertz CT molecular complexity index is 347. The van der Waals surface area contributed by atoms with Gasteiger partial charge in [-0.05, 0) is 30.9 Å². The molecule has 0 amide bonds. The van der Waals surface area contributed by atoms with Gasteiger partial charge in [0.05, 0.1) is 12.2 Å². The SMILES string of the molecule is NC(=S)c1ccccc1OCC1CC1. The highest BCUT2D eigenvalue weighted by Gasteiger charge is 2.22. The van der Waals surface area contributed by atoms with Crippen LogP contribution in [0.1, 0.15) is 18.4 Å². The normalized spacial score (nSPS) is 15.1. The summed E-state index contributed by atoms with van der Waals surface area (Å²) in [5.41, 5.74) is 6.42. The summed E-state index contributed by atoms with van der Waals surface area (Å²) in [6, 6.07) is 7.66. The smallest absolute Gasteiger partial charge is 0.129 e. The fourth-order valence-corrected chi connectivity index (χ4v) is 1.46. The van der Waals surface area contributed by atoms with E-state index in [0.717, 1.165) is 23.8 Å². The summed E-state index contributed by atoms with van der Waals surface area (Å²) in [7, 11) is 0. The monoisotopic (exact) mass is 207 g/mol. The van der Waals surface area contributed by atoms with Gasteiger partial charge in [0.25, 0.3) is 0 Å². The summed E-state index contributed by atoms with van der Waals surface area (Å²) in [5, 5.41) is 0. The zero-order valence-electron chi connectivity index (χ0n) is 7.90. The van der Waals surface area contributed by atoms with Gasteiger partial charge in [0, 0.05) is 0 Å². The molecule has 0 aliphatic heterocycles.